The molecule has 5 heteroatoms. The Hall–Kier alpha value is -2.71. The number of carbonyl (C=O) groups is 1. The normalized spacial score (nSPS) is 9.67. The van der Waals surface area contributed by atoms with E-state index in [4.69, 9.17) is 5.11 Å². The Morgan fingerprint density at radius 3 is 2.48 bits per heavy atom. The number of aliphatic hydroxyl groups excluding tert-OH is 1. The highest BCUT2D eigenvalue weighted by molar-refractivity contribution is 6.04. The average molecular weight is 287 g/mol. The third kappa shape index (κ3) is 3.88. The standard InChI is InChI=1S/C16H11F2NO2/c17-13-6-3-12(4-7-13)16(21)19-14-8-5-11(2-1-9-20)15(18)10-14/h3-8,10,20H,9H2,(H,19,21). The van der Waals surface area contributed by atoms with Crippen LogP contribution in [0.1, 0.15) is 15.9 Å². The Bertz CT molecular complexity index is 715. The van der Waals surface area contributed by atoms with Gasteiger partial charge in [-0.1, -0.05) is 11.8 Å². The van der Waals surface area contributed by atoms with Crippen LogP contribution < -0.4 is 5.32 Å². The smallest absolute Gasteiger partial charge is 0.255 e. The maximum absolute atomic E-state index is 13.7. The van der Waals surface area contributed by atoms with Crippen LogP contribution in [0, 0.1) is 23.5 Å². The molecule has 0 atom stereocenters. The first-order chi connectivity index (χ1) is 10.1. The summed E-state index contributed by atoms with van der Waals surface area (Å²) < 4.78 is 26.5. The maximum Gasteiger partial charge on any atom is 0.255 e. The van der Waals surface area contributed by atoms with Gasteiger partial charge in [0.1, 0.15) is 18.2 Å². The van der Waals surface area contributed by atoms with E-state index in [0.717, 1.165) is 6.07 Å². The van der Waals surface area contributed by atoms with Crippen molar-refractivity contribution in [1.29, 1.82) is 0 Å². The Labute approximate surface area is 120 Å². The Kier molecular flexibility index (Phi) is 4.64. The second-order valence-electron chi connectivity index (χ2n) is 4.12. The first-order valence-electron chi connectivity index (χ1n) is 6.06. The van der Waals surface area contributed by atoms with Crippen LogP contribution in [0.4, 0.5) is 14.5 Å². The van der Waals surface area contributed by atoms with Crippen LogP contribution in [0.3, 0.4) is 0 Å². The number of rotatable bonds is 2. The molecule has 3 nitrogen and oxygen atoms in total. The average Bonchev–Trinajstić information content (AvgIpc) is 2.47. The van der Waals surface area contributed by atoms with E-state index < -0.39 is 17.5 Å². The van der Waals surface area contributed by atoms with Gasteiger partial charge in [0.05, 0.1) is 5.56 Å². The number of hydrogen-bond donors (Lipinski definition) is 2. The van der Waals surface area contributed by atoms with Gasteiger partial charge in [-0.2, -0.15) is 0 Å². The van der Waals surface area contributed by atoms with Gasteiger partial charge < -0.3 is 10.4 Å². The van der Waals surface area contributed by atoms with Crippen molar-refractivity contribution in [3.63, 3.8) is 0 Å². The van der Waals surface area contributed by atoms with Gasteiger partial charge in [0.15, 0.2) is 0 Å². The zero-order valence-corrected chi connectivity index (χ0v) is 10.9. The number of hydrogen-bond acceptors (Lipinski definition) is 2. The molecule has 0 aliphatic carbocycles. The van der Waals surface area contributed by atoms with E-state index in [1.807, 2.05) is 0 Å². The fraction of sp³-hybridized carbons (Fsp3) is 0.0625. The predicted molar refractivity (Wildman–Crippen MR) is 74.7 cm³/mol. The quantitative estimate of drug-likeness (QED) is 0.834. The fourth-order valence-corrected chi connectivity index (χ4v) is 1.63. The van der Waals surface area contributed by atoms with E-state index in [0.29, 0.717) is 0 Å². The summed E-state index contributed by atoms with van der Waals surface area (Å²) >= 11 is 0. The van der Waals surface area contributed by atoms with E-state index in [9.17, 15) is 13.6 Å². The van der Waals surface area contributed by atoms with Crippen LogP contribution in [0.2, 0.25) is 0 Å². The number of halogens is 2. The molecule has 0 spiro atoms. The molecule has 0 bridgehead atoms. The van der Waals surface area contributed by atoms with Gasteiger partial charge in [-0.05, 0) is 42.5 Å². The van der Waals surface area contributed by atoms with Crippen molar-refractivity contribution in [3.05, 3.63) is 65.2 Å². The van der Waals surface area contributed by atoms with E-state index in [1.54, 1.807) is 0 Å². The SMILES string of the molecule is O=C(Nc1ccc(C#CCO)c(F)c1)c1ccc(F)cc1. The molecule has 0 radical (unpaired) electrons. The minimum atomic E-state index is -0.604. The van der Waals surface area contributed by atoms with Crippen molar-refractivity contribution in [1.82, 2.24) is 0 Å². The first-order valence-corrected chi connectivity index (χ1v) is 6.06. The van der Waals surface area contributed by atoms with Gasteiger partial charge in [0, 0.05) is 11.3 Å². The molecular weight excluding hydrogens is 276 g/mol. The number of nitrogens with one attached hydrogen (secondary N) is 1. The van der Waals surface area contributed by atoms with Crippen molar-refractivity contribution in [2.75, 3.05) is 11.9 Å². The lowest BCUT2D eigenvalue weighted by Crippen LogP contribution is -2.12. The highest BCUT2D eigenvalue weighted by Gasteiger charge is 2.08. The predicted octanol–water partition coefficient (Wildman–Crippen LogP) is 2.56. The van der Waals surface area contributed by atoms with Gasteiger partial charge in [-0.25, -0.2) is 8.78 Å². The minimum absolute atomic E-state index is 0.129. The second kappa shape index (κ2) is 6.64. The maximum atomic E-state index is 13.7. The molecule has 2 N–H and O–H groups in total. The van der Waals surface area contributed by atoms with Crippen LogP contribution in [0.15, 0.2) is 42.5 Å². The summed E-state index contributed by atoms with van der Waals surface area (Å²) in [7, 11) is 0. The molecule has 21 heavy (non-hydrogen) atoms. The fourth-order valence-electron chi connectivity index (χ4n) is 1.63. The van der Waals surface area contributed by atoms with Gasteiger partial charge in [-0.3, -0.25) is 4.79 Å². The molecule has 0 aromatic heterocycles. The monoisotopic (exact) mass is 287 g/mol. The van der Waals surface area contributed by atoms with E-state index >= 15 is 0 Å². The summed E-state index contributed by atoms with van der Waals surface area (Å²) in [5.74, 6) is 3.28. The molecule has 0 unspecified atom stereocenters. The van der Waals surface area contributed by atoms with E-state index in [2.05, 4.69) is 17.2 Å². The van der Waals surface area contributed by atoms with Crippen molar-refractivity contribution in [2.24, 2.45) is 0 Å². The van der Waals surface area contributed by atoms with Gasteiger partial charge in [0.2, 0.25) is 0 Å². The zero-order valence-electron chi connectivity index (χ0n) is 10.9. The van der Waals surface area contributed by atoms with Crippen LogP contribution in [-0.2, 0) is 0 Å². The third-order valence-electron chi connectivity index (χ3n) is 2.64. The van der Waals surface area contributed by atoms with E-state index in [1.165, 1.54) is 36.4 Å². The van der Waals surface area contributed by atoms with Gasteiger partial charge in [-0.15, -0.1) is 0 Å². The number of amides is 1. The Morgan fingerprint density at radius 1 is 1.14 bits per heavy atom. The summed E-state index contributed by atoms with van der Waals surface area (Å²) in [6.07, 6.45) is 0. The third-order valence-corrected chi connectivity index (χ3v) is 2.64. The first kappa shape index (κ1) is 14.7. The summed E-state index contributed by atoms with van der Waals surface area (Å²) in [5, 5.41) is 11.1. The molecule has 0 saturated carbocycles. The molecule has 0 aliphatic rings. The lowest BCUT2D eigenvalue weighted by atomic mass is 10.1. The largest absolute Gasteiger partial charge is 0.384 e. The summed E-state index contributed by atoms with van der Waals surface area (Å²) in [6, 6.07) is 9.03. The molecule has 2 aromatic rings. The summed E-state index contributed by atoms with van der Waals surface area (Å²) in [5.41, 5.74) is 0.654. The van der Waals surface area contributed by atoms with Crippen molar-refractivity contribution in [2.45, 2.75) is 0 Å². The number of carbonyl (C=O) groups excluding carboxylic acids is 1. The lowest BCUT2D eigenvalue weighted by Gasteiger charge is -2.06. The number of benzene rings is 2. The molecule has 106 valence electrons. The Morgan fingerprint density at radius 2 is 1.86 bits per heavy atom. The Balaban J connectivity index is 2.14. The molecule has 0 heterocycles. The van der Waals surface area contributed by atoms with Gasteiger partial charge in [0.25, 0.3) is 5.91 Å². The van der Waals surface area contributed by atoms with Crippen LogP contribution >= 0.6 is 0 Å². The molecule has 2 aromatic carbocycles. The topological polar surface area (TPSA) is 49.3 Å². The number of aliphatic hydroxyl groups is 1. The summed E-state index contributed by atoms with van der Waals surface area (Å²) in [4.78, 5) is 11.9. The highest BCUT2D eigenvalue weighted by atomic mass is 19.1. The molecule has 2 rings (SSSR count). The molecular formula is C16H11F2NO2. The molecule has 0 saturated heterocycles. The van der Waals surface area contributed by atoms with Gasteiger partial charge >= 0.3 is 0 Å². The van der Waals surface area contributed by atoms with Crippen molar-refractivity contribution < 1.29 is 18.7 Å². The molecule has 0 aliphatic heterocycles. The highest BCUT2D eigenvalue weighted by Crippen LogP contribution is 2.15. The number of anilines is 1. The second-order valence-corrected chi connectivity index (χ2v) is 4.12. The molecule has 1 amide bonds. The van der Waals surface area contributed by atoms with Crippen LogP contribution in [0.25, 0.3) is 0 Å². The molecule has 0 fully saturated rings. The van der Waals surface area contributed by atoms with E-state index in [-0.39, 0.29) is 23.4 Å². The minimum Gasteiger partial charge on any atom is -0.384 e. The zero-order chi connectivity index (χ0) is 15.2. The van der Waals surface area contributed by atoms with Crippen molar-refractivity contribution in [3.8, 4) is 11.8 Å². The van der Waals surface area contributed by atoms with Crippen molar-refractivity contribution >= 4 is 11.6 Å². The van der Waals surface area contributed by atoms with Crippen LogP contribution in [0.5, 0.6) is 0 Å². The van der Waals surface area contributed by atoms with Crippen LogP contribution in [-0.4, -0.2) is 17.6 Å². The lowest BCUT2D eigenvalue weighted by molar-refractivity contribution is 0.102. The summed E-state index contributed by atoms with van der Waals surface area (Å²) in [6.45, 7) is -0.359.